The minimum atomic E-state index is -0.258. The summed E-state index contributed by atoms with van der Waals surface area (Å²) in [6, 6.07) is 0. The van der Waals surface area contributed by atoms with Gasteiger partial charge >= 0.3 is 0 Å². The smallest absolute Gasteiger partial charge is 0.175 e. The van der Waals surface area contributed by atoms with E-state index in [1.807, 2.05) is 0 Å². The van der Waals surface area contributed by atoms with E-state index >= 15 is 0 Å². The summed E-state index contributed by atoms with van der Waals surface area (Å²) < 4.78 is 11.0. The molecule has 4 heteroatoms. The Morgan fingerprint density at radius 3 is 2.91 bits per heavy atom. The van der Waals surface area contributed by atoms with E-state index < -0.39 is 0 Å². The van der Waals surface area contributed by atoms with Gasteiger partial charge in [-0.3, -0.25) is 0 Å². The van der Waals surface area contributed by atoms with Crippen molar-refractivity contribution in [3.8, 4) is 0 Å². The predicted octanol–water partition coefficient (Wildman–Crippen LogP) is 1.99. The first-order valence-electron chi connectivity index (χ1n) is 4.40. The molecule has 3 unspecified atom stereocenters. The molecule has 0 spiro atoms. The zero-order valence-corrected chi connectivity index (χ0v) is 9.71. The summed E-state index contributed by atoms with van der Waals surface area (Å²) in [5.74, 6) is 0. The van der Waals surface area contributed by atoms with Gasteiger partial charge in [-0.05, 0) is 12.0 Å². The Labute approximate surface area is 72.9 Å². The maximum Gasteiger partial charge on any atom is 0.175 e. The van der Waals surface area contributed by atoms with Crippen LogP contribution in [-0.2, 0) is 8.74 Å². The Hall–Kier alpha value is 0.567. The minimum absolute atomic E-state index is 0.258. The van der Waals surface area contributed by atoms with Crippen LogP contribution < -0.4 is 0 Å². The maximum absolute atomic E-state index is 5.56. The van der Waals surface area contributed by atoms with E-state index in [-0.39, 0.29) is 9.76 Å². The third-order valence-electron chi connectivity index (χ3n) is 2.18. The van der Waals surface area contributed by atoms with Crippen LogP contribution in [0.5, 0.6) is 0 Å². The first kappa shape index (κ1) is 9.65. The molecule has 0 saturated carbocycles. The Morgan fingerprint density at radius 1 is 1.45 bits per heavy atom. The third-order valence-corrected chi connectivity index (χ3v) is 5.25. The molecular weight excluding hydrogens is 175 g/mol. The van der Waals surface area contributed by atoms with Crippen molar-refractivity contribution in [1.82, 2.24) is 0 Å². The fourth-order valence-corrected chi connectivity index (χ4v) is 4.21. The van der Waals surface area contributed by atoms with Crippen molar-refractivity contribution in [3.05, 3.63) is 0 Å². The predicted molar refractivity (Wildman–Crippen MR) is 51.8 cm³/mol. The normalized spacial score (nSPS) is 36.5. The molecule has 1 heterocycles. The molecule has 0 aromatic carbocycles. The molecule has 1 rings (SSSR count). The fraction of sp³-hybridized carbons (Fsp3) is 1.00. The van der Waals surface area contributed by atoms with E-state index in [4.69, 9.17) is 8.74 Å². The number of hydrogen-bond acceptors (Lipinski definition) is 2. The molecule has 66 valence electrons. The first-order chi connectivity index (χ1) is 5.38. The van der Waals surface area contributed by atoms with Gasteiger partial charge in [0.05, 0.1) is 6.10 Å². The first-order valence-corrected chi connectivity index (χ1v) is 6.62. The molecule has 0 aliphatic carbocycles. The summed E-state index contributed by atoms with van der Waals surface area (Å²) in [6.45, 7) is 4.46. The highest BCUT2D eigenvalue weighted by Crippen LogP contribution is 2.34. The SMILES string of the molecule is CCCC1OPO[SiH2]C1CC. The van der Waals surface area contributed by atoms with Crippen molar-refractivity contribution in [2.75, 3.05) is 0 Å². The van der Waals surface area contributed by atoms with Crippen molar-refractivity contribution >= 4 is 18.8 Å². The van der Waals surface area contributed by atoms with Crippen LogP contribution in [0.25, 0.3) is 0 Å². The largest absolute Gasteiger partial charge is 0.385 e. The van der Waals surface area contributed by atoms with Gasteiger partial charge in [-0.1, -0.05) is 26.7 Å². The second-order valence-corrected chi connectivity index (χ2v) is 5.95. The maximum atomic E-state index is 5.56. The molecule has 11 heavy (non-hydrogen) atoms. The van der Waals surface area contributed by atoms with E-state index in [1.54, 1.807) is 0 Å². The van der Waals surface area contributed by atoms with Gasteiger partial charge in [0.25, 0.3) is 0 Å². The van der Waals surface area contributed by atoms with Crippen LogP contribution >= 0.6 is 9.03 Å². The number of rotatable bonds is 3. The Morgan fingerprint density at radius 2 is 2.27 bits per heavy atom. The van der Waals surface area contributed by atoms with E-state index in [0.717, 1.165) is 5.54 Å². The van der Waals surface area contributed by atoms with Crippen LogP contribution in [0.1, 0.15) is 33.1 Å². The highest BCUT2D eigenvalue weighted by molar-refractivity contribution is 7.28. The topological polar surface area (TPSA) is 18.5 Å². The van der Waals surface area contributed by atoms with Gasteiger partial charge in [-0.2, -0.15) is 0 Å². The second kappa shape index (κ2) is 5.25. The van der Waals surface area contributed by atoms with Crippen molar-refractivity contribution in [3.63, 3.8) is 0 Å². The molecule has 0 amide bonds. The van der Waals surface area contributed by atoms with Crippen LogP contribution in [0.2, 0.25) is 5.54 Å². The van der Waals surface area contributed by atoms with Crippen molar-refractivity contribution < 1.29 is 8.74 Å². The van der Waals surface area contributed by atoms with Crippen molar-refractivity contribution in [2.45, 2.75) is 44.8 Å². The van der Waals surface area contributed by atoms with Crippen LogP contribution in [-0.4, -0.2) is 15.9 Å². The average Bonchev–Trinajstić information content (AvgIpc) is 2.06. The van der Waals surface area contributed by atoms with Gasteiger partial charge < -0.3 is 8.74 Å². The molecule has 0 aromatic rings. The lowest BCUT2D eigenvalue weighted by atomic mass is 10.1. The van der Waals surface area contributed by atoms with Gasteiger partial charge in [-0.25, -0.2) is 0 Å². The molecule has 1 saturated heterocycles. The van der Waals surface area contributed by atoms with Crippen molar-refractivity contribution in [2.24, 2.45) is 0 Å². The summed E-state index contributed by atoms with van der Waals surface area (Å²) in [5.41, 5.74) is 0.774. The van der Waals surface area contributed by atoms with E-state index in [1.165, 1.54) is 19.3 Å². The van der Waals surface area contributed by atoms with Gasteiger partial charge in [0, 0.05) is 0 Å². The van der Waals surface area contributed by atoms with Crippen LogP contribution in [0.3, 0.4) is 0 Å². The quantitative estimate of drug-likeness (QED) is 0.503. The summed E-state index contributed by atoms with van der Waals surface area (Å²) in [4.78, 5) is 0. The Balaban J connectivity index is 2.31. The average molecular weight is 192 g/mol. The van der Waals surface area contributed by atoms with Crippen molar-refractivity contribution in [1.29, 1.82) is 0 Å². The zero-order chi connectivity index (χ0) is 8.10. The van der Waals surface area contributed by atoms with Gasteiger partial charge in [0.2, 0.25) is 0 Å². The molecule has 3 atom stereocenters. The van der Waals surface area contributed by atoms with Gasteiger partial charge in [0.15, 0.2) is 9.76 Å². The van der Waals surface area contributed by atoms with Crippen LogP contribution in [0.4, 0.5) is 0 Å². The summed E-state index contributed by atoms with van der Waals surface area (Å²) in [7, 11) is 0.0846. The van der Waals surface area contributed by atoms with Crippen LogP contribution in [0, 0.1) is 0 Å². The highest BCUT2D eigenvalue weighted by Gasteiger charge is 2.24. The molecule has 1 fully saturated rings. The molecular formula is C7H17O2PSi. The lowest BCUT2D eigenvalue weighted by Crippen LogP contribution is -2.25. The van der Waals surface area contributed by atoms with Gasteiger partial charge in [0.1, 0.15) is 9.03 Å². The zero-order valence-electron chi connectivity index (χ0n) is 7.30. The Bertz CT molecular complexity index is 111. The van der Waals surface area contributed by atoms with Gasteiger partial charge in [-0.15, -0.1) is 0 Å². The summed E-state index contributed by atoms with van der Waals surface area (Å²) in [5, 5.41) is 0. The molecule has 0 radical (unpaired) electrons. The molecule has 2 nitrogen and oxygen atoms in total. The lowest BCUT2D eigenvalue weighted by Gasteiger charge is -2.29. The summed E-state index contributed by atoms with van der Waals surface area (Å²) in [6.07, 6.45) is 4.23. The molecule has 1 aliphatic rings. The van der Waals surface area contributed by atoms with E-state index in [9.17, 15) is 0 Å². The fourth-order valence-electron chi connectivity index (χ4n) is 1.40. The highest BCUT2D eigenvalue weighted by atomic mass is 31.1. The third kappa shape index (κ3) is 2.83. The lowest BCUT2D eigenvalue weighted by molar-refractivity contribution is 0.170. The standard InChI is InChI=1S/C7H17O2PSi/c1-3-5-6-7(4-2)11-9-10-8-6/h6-7,10H,3-5,11H2,1-2H3. The molecule has 1 aliphatic heterocycles. The monoisotopic (exact) mass is 192 g/mol. The summed E-state index contributed by atoms with van der Waals surface area (Å²) >= 11 is 0. The number of hydrogen-bond donors (Lipinski definition) is 0. The second-order valence-electron chi connectivity index (χ2n) is 3.01. The van der Waals surface area contributed by atoms with E-state index in [0.29, 0.717) is 15.1 Å². The minimum Gasteiger partial charge on any atom is -0.385 e. The molecule has 0 aromatic heterocycles. The molecule has 0 N–H and O–H groups in total. The van der Waals surface area contributed by atoms with Crippen LogP contribution in [0.15, 0.2) is 0 Å². The van der Waals surface area contributed by atoms with E-state index in [2.05, 4.69) is 13.8 Å². The molecule has 0 bridgehead atoms. The Kier molecular flexibility index (Phi) is 4.61.